The zero-order valence-corrected chi connectivity index (χ0v) is 41.5. The van der Waals surface area contributed by atoms with E-state index in [1.807, 2.05) is 0 Å². The number of aliphatic hydroxyl groups is 3. The van der Waals surface area contributed by atoms with E-state index >= 15 is 0 Å². The lowest BCUT2D eigenvalue weighted by Crippen LogP contribution is -2.65. The van der Waals surface area contributed by atoms with Crippen molar-refractivity contribution in [1.29, 1.82) is 0 Å². The van der Waals surface area contributed by atoms with Gasteiger partial charge in [0.05, 0.1) is 6.61 Å². The number of allylic oxidation sites excluding steroid dienone is 2. The number of phosphoric acid groups is 3. The Labute approximate surface area is 386 Å². The van der Waals surface area contributed by atoms with E-state index in [0.29, 0.717) is 12.8 Å². The Kier molecular flexibility index (Phi) is 34.2. The van der Waals surface area contributed by atoms with Gasteiger partial charge in [-0.15, -0.1) is 0 Å². The summed E-state index contributed by atoms with van der Waals surface area (Å²) in [5, 5.41) is 31.9. The Balaban J connectivity index is 2.73. The van der Waals surface area contributed by atoms with E-state index in [9.17, 15) is 63.1 Å². The highest BCUT2D eigenvalue weighted by atomic mass is 31.2. The van der Waals surface area contributed by atoms with Crippen LogP contribution in [0.5, 0.6) is 0 Å². The lowest BCUT2D eigenvalue weighted by molar-refractivity contribution is -0.213. The molecule has 0 spiro atoms. The zero-order valence-electron chi connectivity index (χ0n) is 38.8. The van der Waals surface area contributed by atoms with Crippen LogP contribution >= 0.6 is 23.5 Å². The predicted octanol–water partition coefficient (Wildman–Crippen LogP) is 8.51. The van der Waals surface area contributed by atoms with Crippen molar-refractivity contribution in [2.24, 2.45) is 0 Å². The van der Waals surface area contributed by atoms with Crippen LogP contribution < -0.4 is 0 Å². The minimum atomic E-state index is -5.60. The summed E-state index contributed by atoms with van der Waals surface area (Å²) in [5.74, 6) is -1.29. The van der Waals surface area contributed by atoms with Gasteiger partial charge < -0.3 is 49.3 Å². The molecule has 0 aromatic heterocycles. The van der Waals surface area contributed by atoms with Crippen LogP contribution in [0.25, 0.3) is 0 Å². The largest absolute Gasteiger partial charge is 0.472 e. The van der Waals surface area contributed by atoms with Crippen LogP contribution in [-0.2, 0) is 50.9 Å². The van der Waals surface area contributed by atoms with Gasteiger partial charge in [0, 0.05) is 12.8 Å². The number of carbonyl (C=O) groups is 2. The Bertz CT molecular complexity index is 1420. The normalized spacial score (nSPS) is 21.9. The van der Waals surface area contributed by atoms with Gasteiger partial charge in [0.2, 0.25) is 0 Å². The third-order valence-corrected chi connectivity index (χ3v) is 13.1. The average Bonchev–Trinajstić information content (AvgIpc) is 3.23. The topological polar surface area (TPSA) is 303 Å². The van der Waals surface area contributed by atoms with Gasteiger partial charge in [0.15, 0.2) is 6.10 Å². The van der Waals surface area contributed by atoms with Crippen LogP contribution in [0.1, 0.15) is 194 Å². The molecule has 1 saturated carbocycles. The smallest absolute Gasteiger partial charge is 0.462 e. The van der Waals surface area contributed by atoms with Crippen LogP contribution in [0.3, 0.4) is 0 Å². The summed E-state index contributed by atoms with van der Waals surface area (Å²) in [7, 11) is -16.6. The standard InChI is InChI=1S/C43H83O19P3/c1-3-5-7-9-11-13-15-17-18-20-22-24-26-28-30-32-37(45)59-35(33-57-36(44)31-29-27-25-23-21-19-16-14-12-10-8-6-4-2)34-58-65(55,56)62-41-38(46)39(47)42(60-63(49,50)51)43(40(41)48)61-64(52,53)54/h13,15,35,38-43,46-48H,3-12,14,16-34H2,1-2H3,(H,55,56)(H2,49,50,51)(H2,52,53,54)/t35-,38?,39?,40?,41+,42?,43+/m1/s1. The van der Waals surface area contributed by atoms with Crippen molar-refractivity contribution in [3.8, 4) is 0 Å². The molecule has 0 heterocycles. The fourth-order valence-corrected chi connectivity index (χ4v) is 9.56. The minimum Gasteiger partial charge on any atom is -0.462 e. The highest BCUT2D eigenvalue weighted by Gasteiger charge is 2.56. The predicted molar refractivity (Wildman–Crippen MR) is 243 cm³/mol. The fourth-order valence-electron chi connectivity index (χ4n) is 7.46. The van der Waals surface area contributed by atoms with E-state index in [0.717, 1.165) is 77.0 Å². The Morgan fingerprint density at radius 2 is 0.846 bits per heavy atom. The van der Waals surface area contributed by atoms with Crippen molar-refractivity contribution in [2.45, 2.75) is 236 Å². The van der Waals surface area contributed by atoms with E-state index in [1.54, 1.807) is 0 Å². The van der Waals surface area contributed by atoms with Gasteiger partial charge in [-0.25, -0.2) is 13.7 Å². The molecule has 0 amide bonds. The van der Waals surface area contributed by atoms with E-state index in [2.05, 4.69) is 35.0 Å². The van der Waals surface area contributed by atoms with Crippen molar-refractivity contribution >= 4 is 35.4 Å². The highest BCUT2D eigenvalue weighted by Crippen LogP contribution is 2.51. The summed E-state index contributed by atoms with van der Waals surface area (Å²) in [4.78, 5) is 73.2. The van der Waals surface area contributed by atoms with E-state index < -0.39 is 91.3 Å². The maximum Gasteiger partial charge on any atom is 0.472 e. The molecule has 1 fully saturated rings. The summed E-state index contributed by atoms with van der Waals surface area (Å²) >= 11 is 0. The second-order valence-electron chi connectivity index (χ2n) is 17.0. The van der Waals surface area contributed by atoms with Crippen LogP contribution in [-0.4, -0.2) is 108 Å². The molecule has 1 aliphatic carbocycles. The number of hydrogen-bond donors (Lipinski definition) is 8. The Morgan fingerprint density at radius 3 is 1.29 bits per heavy atom. The minimum absolute atomic E-state index is 0.00308. The number of phosphoric ester groups is 3. The lowest BCUT2D eigenvalue weighted by Gasteiger charge is -2.44. The van der Waals surface area contributed by atoms with E-state index in [-0.39, 0.29) is 12.8 Å². The molecule has 0 saturated heterocycles. The number of hydrogen-bond acceptors (Lipinski definition) is 14. The highest BCUT2D eigenvalue weighted by molar-refractivity contribution is 7.47. The van der Waals surface area contributed by atoms with Crippen molar-refractivity contribution < 1.29 is 90.6 Å². The molecular weight excluding hydrogens is 913 g/mol. The van der Waals surface area contributed by atoms with Gasteiger partial charge in [-0.05, 0) is 38.5 Å². The van der Waals surface area contributed by atoms with Gasteiger partial charge in [-0.3, -0.25) is 27.7 Å². The monoisotopic (exact) mass is 996 g/mol. The van der Waals surface area contributed by atoms with Gasteiger partial charge in [-0.1, -0.05) is 154 Å². The number of aliphatic hydroxyl groups excluding tert-OH is 3. The number of ether oxygens (including phenoxy) is 2. The first-order chi connectivity index (χ1) is 30.8. The van der Waals surface area contributed by atoms with Crippen molar-refractivity contribution in [3.63, 3.8) is 0 Å². The number of rotatable bonds is 41. The van der Waals surface area contributed by atoms with Crippen LogP contribution in [0.2, 0.25) is 0 Å². The SMILES string of the molecule is CCCCCCC=CCCCCCCCCCC(=O)O[C@H](COC(=O)CCCCCCCCCCCCCCC)COP(=O)(O)O[C@H]1C(O)C(O)C(OP(=O)(O)O)[C@@H](OP(=O)(O)O)C1O. The summed E-state index contributed by atoms with van der Waals surface area (Å²) in [6.07, 6.45) is 16.6. The molecule has 384 valence electrons. The van der Waals surface area contributed by atoms with Gasteiger partial charge in [0.25, 0.3) is 0 Å². The molecule has 8 N–H and O–H groups in total. The third-order valence-electron chi connectivity index (χ3n) is 11.1. The summed E-state index contributed by atoms with van der Waals surface area (Å²) in [6, 6.07) is 0. The molecule has 0 bridgehead atoms. The fraction of sp³-hybridized carbons (Fsp3) is 0.907. The molecule has 0 aliphatic heterocycles. The average molecular weight is 997 g/mol. The molecule has 65 heavy (non-hydrogen) atoms. The maximum atomic E-state index is 13.1. The molecule has 0 aromatic rings. The van der Waals surface area contributed by atoms with Crippen LogP contribution in [0.4, 0.5) is 0 Å². The second kappa shape index (κ2) is 35.9. The van der Waals surface area contributed by atoms with Crippen molar-refractivity contribution in [2.75, 3.05) is 13.2 Å². The summed E-state index contributed by atoms with van der Waals surface area (Å²) in [6.45, 7) is 2.93. The number of esters is 2. The summed E-state index contributed by atoms with van der Waals surface area (Å²) < 4.78 is 65.4. The number of unbranched alkanes of at least 4 members (excludes halogenated alkanes) is 23. The summed E-state index contributed by atoms with van der Waals surface area (Å²) in [5.41, 5.74) is 0. The maximum absolute atomic E-state index is 13.1. The van der Waals surface area contributed by atoms with Crippen molar-refractivity contribution in [3.05, 3.63) is 12.2 Å². The van der Waals surface area contributed by atoms with Crippen LogP contribution in [0, 0.1) is 0 Å². The molecule has 8 atom stereocenters. The zero-order chi connectivity index (χ0) is 48.6. The van der Waals surface area contributed by atoms with Gasteiger partial charge in [0.1, 0.15) is 43.2 Å². The second-order valence-corrected chi connectivity index (χ2v) is 20.8. The number of carbonyl (C=O) groups excluding carboxylic acids is 2. The molecule has 5 unspecified atom stereocenters. The van der Waals surface area contributed by atoms with Crippen LogP contribution in [0.15, 0.2) is 12.2 Å². The lowest BCUT2D eigenvalue weighted by atomic mass is 9.85. The molecule has 22 heteroatoms. The van der Waals surface area contributed by atoms with E-state index in [4.69, 9.17) is 18.5 Å². The molecule has 0 radical (unpaired) electrons. The third kappa shape index (κ3) is 32.4. The van der Waals surface area contributed by atoms with Gasteiger partial charge in [-0.2, -0.15) is 0 Å². The quantitative estimate of drug-likeness (QED) is 0.0123. The van der Waals surface area contributed by atoms with Crippen molar-refractivity contribution in [1.82, 2.24) is 0 Å². The molecule has 0 aromatic carbocycles. The molecule has 1 aliphatic rings. The Morgan fingerprint density at radius 1 is 0.477 bits per heavy atom. The molecule has 19 nitrogen and oxygen atoms in total. The first-order valence-electron chi connectivity index (χ1n) is 24.0. The molecular formula is C43H83O19P3. The first-order valence-corrected chi connectivity index (χ1v) is 28.5. The van der Waals surface area contributed by atoms with Gasteiger partial charge >= 0.3 is 35.4 Å². The Hall–Kier alpha value is -1.11. The molecule has 1 rings (SSSR count). The van der Waals surface area contributed by atoms with E-state index in [1.165, 1.54) is 77.0 Å². The first kappa shape index (κ1) is 61.9.